The SMILES string of the molecule is CCOc1n[nH]c(NC(=O)c2ccnc(Cl)c2)n1. The average molecular weight is 268 g/mol. The molecule has 7 nitrogen and oxygen atoms in total. The van der Waals surface area contributed by atoms with Crippen LogP contribution in [0.5, 0.6) is 6.01 Å². The van der Waals surface area contributed by atoms with Crippen LogP contribution in [0.4, 0.5) is 5.95 Å². The minimum Gasteiger partial charge on any atom is -0.463 e. The fourth-order valence-electron chi connectivity index (χ4n) is 1.22. The maximum Gasteiger partial charge on any atom is 0.337 e. The lowest BCUT2D eigenvalue weighted by molar-refractivity contribution is 0.102. The van der Waals surface area contributed by atoms with Gasteiger partial charge < -0.3 is 4.74 Å². The van der Waals surface area contributed by atoms with Crippen molar-refractivity contribution in [1.82, 2.24) is 20.2 Å². The van der Waals surface area contributed by atoms with Gasteiger partial charge in [-0.25, -0.2) is 10.1 Å². The van der Waals surface area contributed by atoms with Gasteiger partial charge >= 0.3 is 6.01 Å². The Bertz CT molecular complexity index is 557. The molecule has 0 aromatic carbocycles. The second kappa shape index (κ2) is 5.46. The van der Waals surface area contributed by atoms with E-state index in [1.807, 2.05) is 6.92 Å². The van der Waals surface area contributed by atoms with Crippen molar-refractivity contribution in [2.75, 3.05) is 11.9 Å². The first-order valence-corrected chi connectivity index (χ1v) is 5.55. The zero-order valence-electron chi connectivity index (χ0n) is 9.48. The van der Waals surface area contributed by atoms with E-state index in [1.54, 1.807) is 6.07 Å². The molecule has 94 valence electrons. The van der Waals surface area contributed by atoms with Crippen molar-refractivity contribution >= 4 is 23.5 Å². The first-order valence-electron chi connectivity index (χ1n) is 5.17. The molecule has 2 aromatic heterocycles. The van der Waals surface area contributed by atoms with Crippen LogP contribution in [0.2, 0.25) is 5.15 Å². The summed E-state index contributed by atoms with van der Waals surface area (Å²) < 4.78 is 5.06. The van der Waals surface area contributed by atoms with Crippen molar-refractivity contribution in [3.8, 4) is 6.01 Å². The number of hydrogen-bond donors (Lipinski definition) is 2. The summed E-state index contributed by atoms with van der Waals surface area (Å²) in [5.74, 6) is -0.158. The molecule has 18 heavy (non-hydrogen) atoms. The maximum atomic E-state index is 11.8. The van der Waals surface area contributed by atoms with Crippen LogP contribution in [0.3, 0.4) is 0 Å². The molecule has 2 N–H and O–H groups in total. The third-order valence-electron chi connectivity index (χ3n) is 1.96. The number of amides is 1. The number of nitrogens with one attached hydrogen (secondary N) is 2. The Kier molecular flexibility index (Phi) is 3.73. The molecule has 2 heterocycles. The second-order valence-corrected chi connectivity index (χ2v) is 3.61. The van der Waals surface area contributed by atoms with Gasteiger partial charge in [0.1, 0.15) is 5.15 Å². The predicted molar refractivity (Wildman–Crippen MR) is 64.8 cm³/mol. The number of carbonyl (C=O) groups is 1. The van der Waals surface area contributed by atoms with Crippen LogP contribution >= 0.6 is 11.6 Å². The van der Waals surface area contributed by atoms with Crippen molar-refractivity contribution in [3.05, 3.63) is 29.0 Å². The van der Waals surface area contributed by atoms with E-state index in [1.165, 1.54) is 12.3 Å². The quantitative estimate of drug-likeness (QED) is 0.819. The average Bonchev–Trinajstić information content (AvgIpc) is 2.77. The first-order chi connectivity index (χ1) is 8.69. The largest absolute Gasteiger partial charge is 0.463 e. The van der Waals surface area contributed by atoms with Crippen LogP contribution in [0.15, 0.2) is 18.3 Å². The van der Waals surface area contributed by atoms with E-state index in [0.717, 1.165) is 0 Å². The Morgan fingerprint density at radius 1 is 1.61 bits per heavy atom. The van der Waals surface area contributed by atoms with Crippen molar-refractivity contribution in [1.29, 1.82) is 0 Å². The molecule has 2 rings (SSSR count). The lowest BCUT2D eigenvalue weighted by atomic mass is 10.2. The number of anilines is 1. The van der Waals surface area contributed by atoms with Gasteiger partial charge in [0, 0.05) is 11.8 Å². The topological polar surface area (TPSA) is 92.8 Å². The second-order valence-electron chi connectivity index (χ2n) is 3.22. The number of ether oxygens (including phenoxy) is 1. The van der Waals surface area contributed by atoms with Gasteiger partial charge in [-0.2, -0.15) is 4.98 Å². The van der Waals surface area contributed by atoms with Crippen molar-refractivity contribution in [2.45, 2.75) is 6.92 Å². The predicted octanol–water partition coefficient (Wildman–Crippen LogP) is 1.50. The standard InChI is InChI=1S/C10H10ClN5O2/c1-2-18-10-14-9(15-16-10)13-8(17)6-3-4-12-7(11)5-6/h3-5H,2H2,1H3,(H2,13,14,15,16,17). The van der Waals surface area contributed by atoms with E-state index in [2.05, 4.69) is 25.5 Å². The molecule has 0 radical (unpaired) electrons. The Balaban J connectivity index is 2.06. The van der Waals surface area contributed by atoms with Gasteiger partial charge in [-0.05, 0) is 19.1 Å². The van der Waals surface area contributed by atoms with Crippen LogP contribution < -0.4 is 10.1 Å². The van der Waals surface area contributed by atoms with E-state index in [-0.39, 0.29) is 23.0 Å². The molecule has 0 atom stereocenters. The molecular formula is C10H10ClN5O2. The Morgan fingerprint density at radius 3 is 3.17 bits per heavy atom. The summed E-state index contributed by atoms with van der Waals surface area (Å²) in [4.78, 5) is 19.5. The number of aromatic amines is 1. The number of hydrogen-bond acceptors (Lipinski definition) is 5. The number of pyridine rings is 1. The molecule has 0 unspecified atom stereocenters. The smallest absolute Gasteiger partial charge is 0.337 e. The summed E-state index contributed by atoms with van der Waals surface area (Å²) in [7, 11) is 0. The lowest BCUT2D eigenvalue weighted by Crippen LogP contribution is -2.13. The fourth-order valence-corrected chi connectivity index (χ4v) is 1.39. The Morgan fingerprint density at radius 2 is 2.44 bits per heavy atom. The molecule has 0 spiro atoms. The number of nitrogens with zero attached hydrogens (tertiary/aromatic N) is 3. The number of H-pyrrole nitrogens is 1. The molecule has 0 fully saturated rings. The third kappa shape index (κ3) is 2.95. The zero-order chi connectivity index (χ0) is 13.0. The van der Waals surface area contributed by atoms with Crippen molar-refractivity contribution in [3.63, 3.8) is 0 Å². The molecule has 1 amide bonds. The van der Waals surface area contributed by atoms with E-state index < -0.39 is 0 Å². The van der Waals surface area contributed by atoms with E-state index in [4.69, 9.17) is 16.3 Å². The lowest BCUT2D eigenvalue weighted by Gasteiger charge is -2.00. The molecule has 8 heteroatoms. The van der Waals surface area contributed by atoms with Gasteiger partial charge in [0.15, 0.2) is 0 Å². The van der Waals surface area contributed by atoms with Crippen LogP contribution in [-0.2, 0) is 0 Å². The van der Waals surface area contributed by atoms with Gasteiger partial charge in [0.2, 0.25) is 5.95 Å². The van der Waals surface area contributed by atoms with Gasteiger partial charge in [0.25, 0.3) is 5.91 Å². The van der Waals surface area contributed by atoms with Crippen molar-refractivity contribution in [2.24, 2.45) is 0 Å². The Hall–Kier alpha value is -2.15. The number of rotatable bonds is 4. The normalized spacial score (nSPS) is 10.1. The van der Waals surface area contributed by atoms with Gasteiger partial charge in [0.05, 0.1) is 6.61 Å². The first kappa shape index (κ1) is 12.3. The number of halogens is 1. The maximum absolute atomic E-state index is 11.8. The summed E-state index contributed by atoms with van der Waals surface area (Å²) in [6.45, 7) is 2.26. The third-order valence-corrected chi connectivity index (χ3v) is 2.17. The monoisotopic (exact) mass is 267 g/mol. The summed E-state index contributed by atoms with van der Waals surface area (Å²) in [6.07, 6.45) is 1.45. The highest BCUT2D eigenvalue weighted by Crippen LogP contribution is 2.10. The zero-order valence-corrected chi connectivity index (χ0v) is 10.2. The van der Waals surface area contributed by atoms with Gasteiger partial charge in [-0.15, -0.1) is 5.10 Å². The minimum absolute atomic E-state index is 0.181. The van der Waals surface area contributed by atoms with Crippen LogP contribution in [0.1, 0.15) is 17.3 Å². The molecule has 0 aliphatic carbocycles. The van der Waals surface area contributed by atoms with Crippen LogP contribution in [0, 0.1) is 0 Å². The van der Waals surface area contributed by atoms with Gasteiger partial charge in [-0.1, -0.05) is 11.6 Å². The molecule has 0 saturated heterocycles. The Labute approximate surface area is 108 Å². The highest BCUT2D eigenvalue weighted by atomic mass is 35.5. The van der Waals surface area contributed by atoms with E-state index in [9.17, 15) is 4.79 Å². The summed E-state index contributed by atoms with van der Waals surface area (Å²) in [5, 5.41) is 9.07. The highest BCUT2D eigenvalue weighted by molar-refractivity contribution is 6.29. The summed E-state index contributed by atoms with van der Waals surface area (Å²) in [5.41, 5.74) is 0.379. The molecule has 0 aliphatic rings. The van der Waals surface area contributed by atoms with E-state index >= 15 is 0 Å². The van der Waals surface area contributed by atoms with Crippen molar-refractivity contribution < 1.29 is 9.53 Å². The molecule has 0 saturated carbocycles. The van der Waals surface area contributed by atoms with Crippen LogP contribution in [0.25, 0.3) is 0 Å². The van der Waals surface area contributed by atoms with Gasteiger partial charge in [-0.3, -0.25) is 10.1 Å². The number of carbonyl (C=O) groups excluding carboxylic acids is 1. The molecule has 0 bridgehead atoms. The molecule has 0 aliphatic heterocycles. The minimum atomic E-state index is -0.363. The molecule has 2 aromatic rings. The number of aromatic nitrogens is 4. The van der Waals surface area contributed by atoms with E-state index in [0.29, 0.717) is 12.2 Å². The summed E-state index contributed by atoms with van der Waals surface area (Å²) in [6, 6.07) is 3.18. The van der Waals surface area contributed by atoms with Crippen LogP contribution in [-0.4, -0.2) is 32.7 Å². The highest BCUT2D eigenvalue weighted by Gasteiger charge is 2.10. The molecular weight excluding hydrogens is 258 g/mol. The fraction of sp³-hybridized carbons (Fsp3) is 0.200. The summed E-state index contributed by atoms with van der Waals surface area (Å²) >= 11 is 5.69.